The van der Waals surface area contributed by atoms with Crippen LogP contribution in [-0.4, -0.2) is 24.8 Å². The molecule has 1 aromatic carbocycles. The second-order valence-corrected chi connectivity index (χ2v) is 4.33. The summed E-state index contributed by atoms with van der Waals surface area (Å²) in [4.78, 5) is 2.31. The Kier molecular flexibility index (Phi) is 2.82. The van der Waals surface area contributed by atoms with Gasteiger partial charge in [0.15, 0.2) is 0 Å². The number of nitrogens with zero attached hydrogens (tertiary/aromatic N) is 1. The van der Waals surface area contributed by atoms with Crippen molar-refractivity contribution in [1.82, 2.24) is 0 Å². The Morgan fingerprint density at radius 1 is 1.53 bits per heavy atom. The minimum Gasteiger partial charge on any atom is -0.399 e. The van der Waals surface area contributed by atoms with Crippen molar-refractivity contribution >= 4 is 11.4 Å². The predicted octanol–water partition coefficient (Wildman–Crippen LogP) is 1.40. The summed E-state index contributed by atoms with van der Waals surface area (Å²) in [7, 11) is 0. The van der Waals surface area contributed by atoms with Crippen LogP contribution in [0.5, 0.6) is 0 Å². The Hall–Kier alpha value is -1.22. The zero-order valence-corrected chi connectivity index (χ0v) is 9.11. The van der Waals surface area contributed by atoms with Crippen LogP contribution >= 0.6 is 0 Å². The lowest BCUT2D eigenvalue weighted by Crippen LogP contribution is -2.21. The maximum absolute atomic E-state index is 9.10. The maximum atomic E-state index is 9.10. The molecule has 1 aliphatic rings. The first-order valence-corrected chi connectivity index (χ1v) is 5.42. The summed E-state index contributed by atoms with van der Waals surface area (Å²) in [6, 6.07) is 6.00. The first-order chi connectivity index (χ1) is 7.20. The van der Waals surface area contributed by atoms with E-state index in [1.807, 2.05) is 12.1 Å². The molecule has 1 atom stereocenters. The number of hydrogen-bond donors (Lipinski definition) is 2. The van der Waals surface area contributed by atoms with Gasteiger partial charge in [0.25, 0.3) is 0 Å². The van der Waals surface area contributed by atoms with E-state index in [1.165, 1.54) is 11.3 Å². The maximum Gasteiger partial charge on any atom is 0.0476 e. The number of rotatable bonds is 2. The van der Waals surface area contributed by atoms with E-state index in [2.05, 4.69) is 17.9 Å². The zero-order valence-electron chi connectivity index (χ0n) is 9.11. The minimum atomic E-state index is 0.290. The quantitative estimate of drug-likeness (QED) is 0.719. The molecule has 3 heteroatoms. The Balaban J connectivity index is 2.19. The molecule has 0 aliphatic carbocycles. The lowest BCUT2D eigenvalue weighted by molar-refractivity contribution is 0.238. The third-order valence-corrected chi connectivity index (χ3v) is 3.12. The number of aliphatic hydroxyl groups excluding tert-OH is 1. The molecule has 15 heavy (non-hydrogen) atoms. The van der Waals surface area contributed by atoms with Gasteiger partial charge in [-0.05, 0) is 31.0 Å². The fourth-order valence-corrected chi connectivity index (χ4v) is 2.17. The average molecular weight is 206 g/mol. The topological polar surface area (TPSA) is 49.5 Å². The van der Waals surface area contributed by atoms with Crippen molar-refractivity contribution in [3.05, 3.63) is 23.8 Å². The predicted molar refractivity (Wildman–Crippen MR) is 63.0 cm³/mol. The van der Waals surface area contributed by atoms with Gasteiger partial charge < -0.3 is 15.7 Å². The summed E-state index contributed by atoms with van der Waals surface area (Å²) in [6.45, 7) is 4.36. The summed E-state index contributed by atoms with van der Waals surface area (Å²) >= 11 is 0. The van der Waals surface area contributed by atoms with E-state index in [0.717, 1.165) is 25.2 Å². The number of aliphatic hydroxyl groups is 1. The molecule has 1 unspecified atom stereocenters. The molecule has 1 saturated heterocycles. The van der Waals surface area contributed by atoms with Crippen LogP contribution in [0.3, 0.4) is 0 Å². The Labute approximate surface area is 90.5 Å². The molecular weight excluding hydrogens is 188 g/mol. The van der Waals surface area contributed by atoms with Crippen molar-refractivity contribution < 1.29 is 5.11 Å². The third-order valence-electron chi connectivity index (χ3n) is 3.12. The molecule has 0 amide bonds. The van der Waals surface area contributed by atoms with Gasteiger partial charge in [0.1, 0.15) is 0 Å². The van der Waals surface area contributed by atoms with Gasteiger partial charge in [-0.2, -0.15) is 0 Å². The lowest BCUT2D eigenvalue weighted by atomic mass is 10.1. The number of hydrogen-bond acceptors (Lipinski definition) is 3. The molecule has 0 radical (unpaired) electrons. The van der Waals surface area contributed by atoms with E-state index in [4.69, 9.17) is 10.8 Å². The van der Waals surface area contributed by atoms with Gasteiger partial charge in [-0.15, -0.1) is 0 Å². The number of nitrogen functional groups attached to an aromatic ring is 1. The van der Waals surface area contributed by atoms with Crippen molar-refractivity contribution in [2.24, 2.45) is 5.92 Å². The number of aryl methyl sites for hydroxylation is 1. The van der Waals surface area contributed by atoms with E-state index >= 15 is 0 Å². The lowest BCUT2D eigenvalue weighted by Gasteiger charge is -2.21. The second-order valence-electron chi connectivity index (χ2n) is 4.33. The summed E-state index contributed by atoms with van der Waals surface area (Å²) < 4.78 is 0. The molecule has 1 heterocycles. The Morgan fingerprint density at radius 2 is 2.33 bits per heavy atom. The van der Waals surface area contributed by atoms with Crippen molar-refractivity contribution in [1.29, 1.82) is 0 Å². The first-order valence-electron chi connectivity index (χ1n) is 5.42. The number of anilines is 2. The van der Waals surface area contributed by atoms with Crippen molar-refractivity contribution in [3.8, 4) is 0 Å². The molecule has 0 spiro atoms. The van der Waals surface area contributed by atoms with E-state index in [-0.39, 0.29) is 6.61 Å². The van der Waals surface area contributed by atoms with Crippen LogP contribution in [0.1, 0.15) is 12.0 Å². The fraction of sp³-hybridized carbons (Fsp3) is 0.500. The minimum absolute atomic E-state index is 0.290. The van der Waals surface area contributed by atoms with Gasteiger partial charge >= 0.3 is 0 Å². The number of benzene rings is 1. The molecular formula is C12H18N2O. The van der Waals surface area contributed by atoms with Gasteiger partial charge in [0, 0.05) is 37.0 Å². The highest BCUT2D eigenvalue weighted by Crippen LogP contribution is 2.28. The highest BCUT2D eigenvalue weighted by molar-refractivity contribution is 5.61. The molecule has 0 aromatic heterocycles. The molecule has 1 aliphatic heterocycles. The molecule has 3 nitrogen and oxygen atoms in total. The van der Waals surface area contributed by atoms with Crippen LogP contribution in [0.25, 0.3) is 0 Å². The van der Waals surface area contributed by atoms with E-state index in [1.54, 1.807) is 0 Å². The Bertz CT molecular complexity index is 351. The van der Waals surface area contributed by atoms with E-state index in [9.17, 15) is 0 Å². The largest absolute Gasteiger partial charge is 0.399 e. The van der Waals surface area contributed by atoms with Crippen LogP contribution in [0, 0.1) is 12.8 Å². The summed E-state index contributed by atoms with van der Waals surface area (Å²) in [5, 5.41) is 9.10. The van der Waals surface area contributed by atoms with E-state index in [0.29, 0.717) is 5.92 Å². The molecule has 1 aromatic rings. The van der Waals surface area contributed by atoms with Crippen molar-refractivity contribution in [2.45, 2.75) is 13.3 Å². The van der Waals surface area contributed by atoms with Crippen LogP contribution in [0.15, 0.2) is 18.2 Å². The SMILES string of the molecule is Cc1ccc(N)cc1N1CCC(CO)C1. The second kappa shape index (κ2) is 4.11. The molecule has 82 valence electrons. The fourth-order valence-electron chi connectivity index (χ4n) is 2.17. The molecule has 3 N–H and O–H groups in total. The van der Waals surface area contributed by atoms with Gasteiger partial charge in [0.05, 0.1) is 0 Å². The normalized spacial score (nSPS) is 20.9. The van der Waals surface area contributed by atoms with Crippen LogP contribution in [0.4, 0.5) is 11.4 Å². The van der Waals surface area contributed by atoms with E-state index < -0.39 is 0 Å². The molecule has 1 fully saturated rings. The van der Waals surface area contributed by atoms with Gasteiger partial charge in [0.2, 0.25) is 0 Å². The highest BCUT2D eigenvalue weighted by Gasteiger charge is 2.22. The highest BCUT2D eigenvalue weighted by atomic mass is 16.3. The standard InChI is InChI=1S/C12H18N2O/c1-9-2-3-11(13)6-12(9)14-5-4-10(7-14)8-15/h2-3,6,10,15H,4-5,7-8,13H2,1H3. The van der Waals surface area contributed by atoms with Gasteiger partial charge in [-0.1, -0.05) is 6.07 Å². The van der Waals surface area contributed by atoms with Crippen LogP contribution in [-0.2, 0) is 0 Å². The molecule has 2 rings (SSSR count). The zero-order chi connectivity index (χ0) is 10.8. The van der Waals surface area contributed by atoms with Crippen molar-refractivity contribution in [3.63, 3.8) is 0 Å². The monoisotopic (exact) mass is 206 g/mol. The third kappa shape index (κ3) is 2.07. The summed E-state index contributed by atoms with van der Waals surface area (Å²) in [6.07, 6.45) is 1.07. The molecule has 0 saturated carbocycles. The Morgan fingerprint density at radius 3 is 3.00 bits per heavy atom. The van der Waals surface area contributed by atoms with Crippen LogP contribution in [0.2, 0.25) is 0 Å². The summed E-state index contributed by atoms with van der Waals surface area (Å²) in [5.41, 5.74) is 9.06. The van der Waals surface area contributed by atoms with Gasteiger partial charge in [-0.25, -0.2) is 0 Å². The smallest absolute Gasteiger partial charge is 0.0476 e. The van der Waals surface area contributed by atoms with Crippen molar-refractivity contribution in [2.75, 3.05) is 30.3 Å². The summed E-state index contributed by atoms with van der Waals surface area (Å²) in [5.74, 6) is 0.422. The van der Waals surface area contributed by atoms with Crippen LogP contribution < -0.4 is 10.6 Å². The average Bonchev–Trinajstić information content (AvgIpc) is 2.70. The first kappa shape index (κ1) is 10.3. The molecule has 0 bridgehead atoms. The number of nitrogens with two attached hydrogens (primary N) is 1. The van der Waals surface area contributed by atoms with Gasteiger partial charge in [-0.3, -0.25) is 0 Å².